The summed E-state index contributed by atoms with van der Waals surface area (Å²) >= 11 is 0. The Kier molecular flexibility index (Phi) is 2.47. The summed E-state index contributed by atoms with van der Waals surface area (Å²) < 4.78 is 5.84. The maximum atomic E-state index is 11.1. The number of carboxylic acids is 1. The molecule has 0 bridgehead atoms. The Morgan fingerprint density at radius 2 is 2.00 bits per heavy atom. The standard InChI is InChI=1S/C13H17NO3/c1-7-4-8(7)11-2-3-12(17-11)9-5-14-6-10(9)13(15)16/h2-3,7-10,14H,4-6H2,1H3,(H,15,16). The zero-order chi connectivity index (χ0) is 12.0. The van der Waals surface area contributed by atoms with Crippen LogP contribution in [-0.2, 0) is 4.79 Å². The molecule has 1 aromatic rings. The molecule has 0 spiro atoms. The quantitative estimate of drug-likeness (QED) is 0.838. The van der Waals surface area contributed by atoms with Crippen LogP contribution < -0.4 is 5.32 Å². The van der Waals surface area contributed by atoms with Crippen molar-refractivity contribution in [1.82, 2.24) is 5.32 Å². The second-order valence-electron chi connectivity index (χ2n) is 5.27. The van der Waals surface area contributed by atoms with E-state index in [1.165, 1.54) is 6.42 Å². The third kappa shape index (κ3) is 1.86. The second kappa shape index (κ2) is 3.88. The van der Waals surface area contributed by atoms with Gasteiger partial charge in [0.25, 0.3) is 0 Å². The van der Waals surface area contributed by atoms with Gasteiger partial charge in [0.2, 0.25) is 0 Å². The lowest BCUT2D eigenvalue weighted by atomic mass is 9.94. The van der Waals surface area contributed by atoms with Crippen LogP contribution in [0.25, 0.3) is 0 Å². The Hall–Kier alpha value is -1.29. The Labute approximate surface area is 100 Å². The molecule has 2 fully saturated rings. The lowest BCUT2D eigenvalue weighted by molar-refractivity contribution is -0.141. The van der Waals surface area contributed by atoms with Crippen molar-refractivity contribution < 1.29 is 14.3 Å². The van der Waals surface area contributed by atoms with E-state index in [0.717, 1.165) is 11.5 Å². The largest absolute Gasteiger partial charge is 0.481 e. The number of carbonyl (C=O) groups is 1. The van der Waals surface area contributed by atoms with Gasteiger partial charge in [-0.05, 0) is 24.5 Å². The zero-order valence-corrected chi connectivity index (χ0v) is 9.85. The average molecular weight is 235 g/mol. The molecule has 4 heteroatoms. The fraction of sp³-hybridized carbons (Fsp3) is 0.615. The van der Waals surface area contributed by atoms with Crippen LogP contribution in [-0.4, -0.2) is 24.2 Å². The molecule has 1 saturated carbocycles. The monoisotopic (exact) mass is 235 g/mol. The number of nitrogens with one attached hydrogen (secondary N) is 1. The summed E-state index contributed by atoms with van der Waals surface area (Å²) in [4.78, 5) is 11.1. The summed E-state index contributed by atoms with van der Waals surface area (Å²) in [6, 6.07) is 3.97. The van der Waals surface area contributed by atoms with Crippen LogP contribution in [0.1, 0.15) is 36.7 Å². The molecule has 0 amide bonds. The molecule has 0 radical (unpaired) electrons. The van der Waals surface area contributed by atoms with Gasteiger partial charge in [-0.25, -0.2) is 0 Å². The van der Waals surface area contributed by atoms with Crippen molar-refractivity contribution in [3.63, 3.8) is 0 Å². The molecule has 1 aliphatic heterocycles. The summed E-state index contributed by atoms with van der Waals surface area (Å²) in [5, 5.41) is 12.3. The van der Waals surface area contributed by atoms with Crippen molar-refractivity contribution in [3.8, 4) is 0 Å². The molecule has 4 atom stereocenters. The van der Waals surface area contributed by atoms with Gasteiger partial charge in [0.1, 0.15) is 11.5 Å². The van der Waals surface area contributed by atoms with Crippen LogP contribution in [0.2, 0.25) is 0 Å². The molecule has 1 aliphatic carbocycles. The molecule has 17 heavy (non-hydrogen) atoms. The Morgan fingerprint density at radius 3 is 2.59 bits per heavy atom. The molecule has 3 rings (SSSR count). The van der Waals surface area contributed by atoms with Gasteiger partial charge in [-0.15, -0.1) is 0 Å². The molecule has 4 unspecified atom stereocenters. The van der Waals surface area contributed by atoms with Crippen molar-refractivity contribution in [3.05, 3.63) is 23.7 Å². The molecule has 4 nitrogen and oxygen atoms in total. The molecule has 1 aromatic heterocycles. The van der Waals surface area contributed by atoms with E-state index in [1.54, 1.807) is 0 Å². The van der Waals surface area contributed by atoms with Crippen LogP contribution in [0.4, 0.5) is 0 Å². The van der Waals surface area contributed by atoms with Crippen LogP contribution in [0.3, 0.4) is 0 Å². The third-order valence-electron chi connectivity index (χ3n) is 4.02. The van der Waals surface area contributed by atoms with Crippen LogP contribution in [0.5, 0.6) is 0 Å². The first-order chi connectivity index (χ1) is 8.16. The number of rotatable bonds is 3. The number of hydrogen-bond donors (Lipinski definition) is 2. The second-order valence-corrected chi connectivity index (χ2v) is 5.27. The number of aliphatic carboxylic acids is 1. The van der Waals surface area contributed by atoms with Gasteiger partial charge < -0.3 is 14.8 Å². The SMILES string of the molecule is CC1CC1c1ccc(C2CNCC2C(=O)O)o1. The van der Waals surface area contributed by atoms with E-state index in [1.807, 2.05) is 12.1 Å². The predicted molar refractivity (Wildman–Crippen MR) is 62.0 cm³/mol. The van der Waals surface area contributed by atoms with Gasteiger partial charge in [0.05, 0.1) is 5.92 Å². The molecule has 92 valence electrons. The van der Waals surface area contributed by atoms with Gasteiger partial charge in [0.15, 0.2) is 0 Å². The lowest BCUT2D eigenvalue weighted by Gasteiger charge is -2.11. The minimum absolute atomic E-state index is 0.0182. The van der Waals surface area contributed by atoms with E-state index >= 15 is 0 Å². The first kappa shape index (κ1) is 10.8. The van der Waals surface area contributed by atoms with Crippen molar-refractivity contribution in [2.45, 2.75) is 25.2 Å². The Bertz CT molecular complexity index is 440. The van der Waals surface area contributed by atoms with Crippen molar-refractivity contribution >= 4 is 5.97 Å². The topological polar surface area (TPSA) is 62.5 Å². The highest BCUT2D eigenvalue weighted by molar-refractivity contribution is 5.72. The van der Waals surface area contributed by atoms with Crippen LogP contribution in [0, 0.1) is 11.8 Å². The summed E-state index contributed by atoms with van der Waals surface area (Å²) in [5.74, 6) is 2.02. The highest BCUT2D eigenvalue weighted by Gasteiger charge is 2.39. The molecule has 2 heterocycles. The number of furan rings is 1. The maximum absolute atomic E-state index is 11.1. The zero-order valence-electron chi connectivity index (χ0n) is 9.85. The maximum Gasteiger partial charge on any atom is 0.308 e. The third-order valence-corrected chi connectivity index (χ3v) is 4.02. The van der Waals surface area contributed by atoms with E-state index in [-0.39, 0.29) is 11.8 Å². The van der Waals surface area contributed by atoms with E-state index in [9.17, 15) is 4.79 Å². The van der Waals surface area contributed by atoms with Crippen LogP contribution in [0.15, 0.2) is 16.5 Å². The smallest absolute Gasteiger partial charge is 0.308 e. The fourth-order valence-electron chi connectivity index (χ4n) is 2.72. The fourth-order valence-corrected chi connectivity index (χ4v) is 2.72. The summed E-state index contributed by atoms with van der Waals surface area (Å²) in [7, 11) is 0. The van der Waals surface area contributed by atoms with Gasteiger partial charge >= 0.3 is 5.97 Å². The number of carboxylic acid groups (broad SMARTS) is 1. The molecular formula is C13H17NO3. The first-order valence-corrected chi connectivity index (χ1v) is 6.20. The first-order valence-electron chi connectivity index (χ1n) is 6.20. The average Bonchev–Trinajstić information content (AvgIpc) is 2.77. The van der Waals surface area contributed by atoms with Crippen molar-refractivity contribution in [2.75, 3.05) is 13.1 Å². The summed E-state index contributed by atoms with van der Waals surface area (Å²) in [5.41, 5.74) is 0. The molecular weight excluding hydrogens is 218 g/mol. The van der Waals surface area contributed by atoms with Gasteiger partial charge in [-0.1, -0.05) is 6.92 Å². The Morgan fingerprint density at radius 1 is 1.35 bits per heavy atom. The van der Waals surface area contributed by atoms with Crippen molar-refractivity contribution in [2.24, 2.45) is 11.8 Å². The Balaban J connectivity index is 1.79. The van der Waals surface area contributed by atoms with Gasteiger partial charge in [0, 0.05) is 24.9 Å². The van der Waals surface area contributed by atoms with E-state index in [0.29, 0.717) is 24.9 Å². The van der Waals surface area contributed by atoms with Gasteiger partial charge in [-0.2, -0.15) is 0 Å². The normalized spacial score (nSPS) is 36.1. The highest BCUT2D eigenvalue weighted by Crippen LogP contribution is 2.48. The van der Waals surface area contributed by atoms with Crippen LogP contribution >= 0.6 is 0 Å². The highest BCUT2D eigenvalue weighted by atomic mass is 16.4. The molecule has 0 aromatic carbocycles. The summed E-state index contributed by atoms with van der Waals surface area (Å²) in [6.07, 6.45) is 1.19. The minimum Gasteiger partial charge on any atom is -0.481 e. The number of hydrogen-bond acceptors (Lipinski definition) is 3. The van der Waals surface area contributed by atoms with E-state index < -0.39 is 5.97 Å². The van der Waals surface area contributed by atoms with Crippen molar-refractivity contribution in [1.29, 1.82) is 0 Å². The minimum atomic E-state index is -0.738. The molecule has 2 N–H and O–H groups in total. The van der Waals surface area contributed by atoms with E-state index in [4.69, 9.17) is 9.52 Å². The molecule has 2 aliphatic rings. The predicted octanol–water partition coefficient (Wildman–Crippen LogP) is 1.79. The summed E-state index contributed by atoms with van der Waals surface area (Å²) in [6.45, 7) is 3.45. The lowest BCUT2D eigenvalue weighted by Crippen LogP contribution is -2.20. The molecule has 1 saturated heterocycles. The van der Waals surface area contributed by atoms with E-state index in [2.05, 4.69) is 12.2 Å². The van der Waals surface area contributed by atoms with Gasteiger partial charge in [-0.3, -0.25) is 4.79 Å².